The Morgan fingerprint density at radius 1 is 1.44 bits per heavy atom. The quantitative estimate of drug-likeness (QED) is 0.870. The van der Waals surface area contributed by atoms with Crippen molar-refractivity contribution in [2.45, 2.75) is 6.54 Å². The molecule has 94 valence electrons. The van der Waals surface area contributed by atoms with E-state index >= 15 is 0 Å². The predicted octanol–water partition coefficient (Wildman–Crippen LogP) is 3.07. The molecule has 0 bridgehead atoms. The van der Waals surface area contributed by atoms with Crippen molar-refractivity contribution < 1.29 is 14.6 Å². The van der Waals surface area contributed by atoms with Crippen LogP contribution in [0.4, 0.5) is 5.69 Å². The Labute approximate surface area is 109 Å². The first-order valence-electron chi connectivity index (χ1n) is 5.37. The fraction of sp³-hybridized carbons (Fsp3) is 0.154. The van der Waals surface area contributed by atoms with Crippen LogP contribution in [-0.4, -0.2) is 18.2 Å². The molecule has 0 spiro atoms. The van der Waals surface area contributed by atoms with Gasteiger partial charge in [0.05, 0.1) is 12.7 Å². The first-order chi connectivity index (χ1) is 8.69. The van der Waals surface area contributed by atoms with Gasteiger partial charge in [-0.3, -0.25) is 0 Å². The molecule has 1 aromatic carbocycles. The number of methoxy groups -OCH3 is 1. The van der Waals surface area contributed by atoms with Crippen molar-refractivity contribution >= 4 is 23.0 Å². The number of rotatable bonds is 5. The van der Waals surface area contributed by atoms with E-state index in [2.05, 4.69) is 5.32 Å². The summed E-state index contributed by atoms with van der Waals surface area (Å²) >= 11 is 1.43. The first-order valence-corrected chi connectivity index (χ1v) is 6.25. The smallest absolute Gasteiger partial charge is 0.336 e. The molecule has 0 saturated carbocycles. The Morgan fingerprint density at radius 3 is 2.94 bits per heavy atom. The summed E-state index contributed by atoms with van der Waals surface area (Å²) < 4.78 is 5.13. The van der Waals surface area contributed by atoms with Crippen LogP contribution in [0.3, 0.4) is 0 Å². The van der Waals surface area contributed by atoms with E-state index in [0.717, 1.165) is 16.3 Å². The van der Waals surface area contributed by atoms with E-state index in [4.69, 9.17) is 9.84 Å². The number of carboxylic acids is 1. The topological polar surface area (TPSA) is 58.6 Å². The van der Waals surface area contributed by atoms with Gasteiger partial charge in [-0.2, -0.15) is 0 Å². The summed E-state index contributed by atoms with van der Waals surface area (Å²) in [6, 6.07) is 9.29. The monoisotopic (exact) mass is 263 g/mol. The van der Waals surface area contributed by atoms with Gasteiger partial charge in [0.2, 0.25) is 0 Å². The van der Waals surface area contributed by atoms with Crippen molar-refractivity contribution in [2.24, 2.45) is 0 Å². The molecule has 0 unspecified atom stereocenters. The van der Waals surface area contributed by atoms with E-state index in [1.165, 1.54) is 11.3 Å². The van der Waals surface area contributed by atoms with E-state index in [9.17, 15) is 4.79 Å². The van der Waals surface area contributed by atoms with Crippen LogP contribution < -0.4 is 10.1 Å². The molecule has 1 aromatic heterocycles. The van der Waals surface area contributed by atoms with Crippen LogP contribution in [0.5, 0.6) is 5.75 Å². The second-order valence-electron chi connectivity index (χ2n) is 3.69. The number of ether oxygens (including phenoxy) is 1. The average Bonchev–Trinajstić information content (AvgIpc) is 2.85. The summed E-state index contributed by atoms with van der Waals surface area (Å²) in [7, 11) is 1.62. The molecule has 4 nitrogen and oxygen atoms in total. The normalized spacial score (nSPS) is 10.1. The van der Waals surface area contributed by atoms with Gasteiger partial charge in [-0.05, 0) is 18.2 Å². The zero-order chi connectivity index (χ0) is 13.0. The highest BCUT2D eigenvalue weighted by Gasteiger charge is 2.06. The highest BCUT2D eigenvalue weighted by atomic mass is 32.1. The molecule has 5 heteroatoms. The third kappa shape index (κ3) is 3.01. The Hall–Kier alpha value is -2.01. The minimum absolute atomic E-state index is 0.336. The maximum absolute atomic E-state index is 10.7. The van der Waals surface area contributed by atoms with Gasteiger partial charge in [-0.1, -0.05) is 6.07 Å². The molecule has 2 N–H and O–H groups in total. The molecule has 18 heavy (non-hydrogen) atoms. The molecule has 2 aromatic rings. The van der Waals surface area contributed by atoms with E-state index in [1.54, 1.807) is 18.6 Å². The number of hydrogen-bond acceptors (Lipinski definition) is 4. The van der Waals surface area contributed by atoms with Crippen LogP contribution >= 0.6 is 11.3 Å². The van der Waals surface area contributed by atoms with Crippen LogP contribution in [0.15, 0.2) is 35.7 Å². The number of benzene rings is 1. The van der Waals surface area contributed by atoms with E-state index < -0.39 is 5.97 Å². The predicted molar refractivity (Wildman–Crippen MR) is 71.6 cm³/mol. The summed E-state index contributed by atoms with van der Waals surface area (Å²) in [6.45, 7) is 0.602. The Bertz CT molecular complexity index is 551. The molecule has 0 atom stereocenters. The second kappa shape index (κ2) is 5.55. The molecule has 2 rings (SSSR count). The Kier molecular flexibility index (Phi) is 3.84. The zero-order valence-electron chi connectivity index (χ0n) is 9.84. The van der Waals surface area contributed by atoms with Crippen molar-refractivity contribution in [1.82, 2.24) is 0 Å². The first kappa shape index (κ1) is 12.4. The van der Waals surface area contributed by atoms with Crippen LogP contribution in [0.1, 0.15) is 15.2 Å². The van der Waals surface area contributed by atoms with Crippen molar-refractivity contribution in [3.8, 4) is 5.75 Å². The highest BCUT2D eigenvalue weighted by Crippen LogP contribution is 2.20. The number of hydrogen-bond donors (Lipinski definition) is 2. The second-order valence-corrected chi connectivity index (χ2v) is 4.69. The number of carboxylic acid groups (broad SMARTS) is 1. The number of aromatic carboxylic acids is 1. The van der Waals surface area contributed by atoms with Gasteiger partial charge in [0.15, 0.2) is 0 Å². The molecule has 0 amide bonds. The SMILES string of the molecule is COc1cccc(NCc2cc(C(=O)O)cs2)c1. The summed E-state index contributed by atoms with van der Waals surface area (Å²) in [5.74, 6) is -0.101. The number of thiophene rings is 1. The van der Waals surface area contributed by atoms with Gasteiger partial charge < -0.3 is 15.2 Å². The molecule has 0 fully saturated rings. The minimum Gasteiger partial charge on any atom is -0.497 e. The average molecular weight is 263 g/mol. The largest absolute Gasteiger partial charge is 0.497 e. The Balaban J connectivity index is 1.99. The summed E-state index contributed by atoms with van der Waals surface area (Å²) in [5, 5.41) is 13.7. The summed E-state index contributed by atoms with van der Waals surface area (Å²) in [5.41, 5.74) is 1.28. The van der Waals surface area contributed by atoms with Crippen molar-refractivity contribution in [3.05, 3.63) is 46.2 Å². The van der Waals surface area contributed by atoms with Gasteiger partial charge in [-0.25, -0.2) is 4.79 Å². The minimum atomic E-state index is -0.890. The fourth-order valence-electron chi connectivity index (χ4n) is 1.51. The van der Waals surface area contributed by atoms with E-state index in [-0.39, 0.29) is 0 Å². The van der Waals surface area contributed by atoms with Crippen LogP contribution in [0, 0.1) is 0 Å². The lowest BCUT2D eigenvalue weighted by molar-refractivity contribution is 0.0697. The number of carbonyl (C=O) groups is 1. The molecule has 0 saturated heterocycles. The number of anilines is 1. The van der Waals surface area contributed by atoms with Crippen LogP contribution in [0.25, 0.3) is 0 Å². The molecule has 0 aliphatic carbocycles. The van der Waals surface area contributed by atoms with Gasteiger partial charge in [-0.15, -0.1) is 11.3 Å². The van der Waals surface area contributed by atoms with Crippen LogP contribution in [0.2, 0.25) is 0 Å². The molecular formula is C13H13NO3S. The van der Waals surface area contributed by atoms with Gasteiger partial charge in [0, 0.05) is 28.6 Å². The summed E-state index contributed by atoms with van der Waals surface area (Å²) in [4.78, 5) is 11.7. The van der Waals surface area contributed by atoms with E-state index in [1.807, 2.05) is 24.3 Å². The molecular weight excluding hydrogens is 250 g/mol. The maximum atomic E-state index is 10.7. The van der Waals surface area contributed by atoms with Crippen molar-refractivity contribution in [2.75, 3.05) is 12.4 Å². The van der Waals surface area contributed by atoms with Crippen LogP contribution in [-0.2, 0) is 6.54 Å². The highest BCUT2D eigenvalue weighted by molar-refractivity contribution is 7.10. The fourth-order valence-corrected chi connectivity index (χ4v) is 2.31. The maximum Gasteiger partial charge on any atom is 0.336 e. The van der Waals surface area contributed by atoms with Gasteiger partial charge in [0.1, 0.15) is 5.75 Å². The van der Waals surface area contributed by atoms with Crippen molar-refractivity contribution in [3.63, 3.8) is 0 Å². The van der Waals surface area contributed by atoms with Crippen molar-refractivity contribution in [1.29, 1.82) is 0 Å². The summed E-state index contributed by atoms with van der Waals surface area (Å²) in [6.07, 6.45) is 0. The van der Waals surface area contributed by atoms with E-state index in [0.29, 0.717) is 12.1 Å². The van der Waals surface area contributed by atoms with Gasteiger partial charge >= 0.3 is 5.97 Å². The zero-order valence-corrected chi connectivity index (χ0v) is 10.7. The molecule has 1 heterocycles. The lowest BCUT2D eigenvalue weighted by Crippen LogP contribution is -1.98. The standard InChI is InChI=1S/C13H13NO3S/c1-17-11-4-2-3-10(6-11)14-7-12-5-9(8-18-12)13(15)16/h2-6,8,14H,7H2,1H3,(H,15,16). The molecule has 0 aliphatic heterocycles. The van der Waals surface area contributed by atoms with Gasteiger partial charge in [0.25, 0.3) is 0 Å². The molecule has 0 radical (unpaired) electrons. The lowest BCUT2D eigenvalue weighted by Gasteiger charge is -2.06. The lowest BCUT2D eigenvalue weighted by atomic mass is 10.3. The third-order valence-electron chi connectivity index (χ3n) is 2.44. The third-order valence-corrected chi connectivity index (χ3v) is 3.37. The number of nitrogens with one attached hydrogen (secondary N) is 1. The Morgan fingerprint density at radius 2 is 2.28 bits per heavy atom. The molecule has 0 aliphatic rings.